The van der Waals surface area contributed by atoms with Gasteiger partial charge in [-0.25, -0.2) is 4.79 Å². The fraction of sp³-hybridized carbons (Fsp3) is 0.875. The summed E-state index contributed by atoms with van der Waals surface area (Å²) < 4.78 is -0.540. The maximum Gasteiger partial charge on any atom is 0.330 e. The molecular formula is C8H14O2S3. The van der Waals surface area contributed by atoms with Gasteiger partial charge in [0.25, 0.3) is 0 Å². The first-order valence-corrected chi connectivity index (χ1v) is 7.58. The van der Waals surface area contributed by atoms with Crippen LogP contribution in [0.25, 0.3) is 0 Å². The lowest BCUT2D eigenvalue weighted by molar-refractivity contribution is -0.137. The quantitative estimate of drug-likeness (QED) is 0.814. The number of aliphatic carboxylic acids is 1. The highest BCUT2D eigenvalue weighted by Crippen LogP contribution is 2.45. The molecule has 0 unspecified atom stereocenters. The zero-order valence-corrected chi connectivity index (χ0v) is 10.1. The Labute approximate surface area is 91.6 Å². The van der Waals surface area contributed by atoms with Crippen LogP contribution in [0, 0.1) is 0 Å². The predicted octanol–water partition coefficient (Wildman–Crippen LogP) is 2.39. The molecule has 0 amide bonds. The third-order valence-electron chi connectivity index (χ3n) is 1.92. The van der Waals surface area contributed by atoms with Crippen molar-refractivity contribution in [3.63, 3.8) is 0 Å². The van der Waals surface area contributed by atoms with E-state index in [2.05, 4.69) is 0 Å². The molecule has 1 rings (SSSR count). The SMILES string of the molecule is CSCCC1(C(=O)O)SCCCS1. The first-order chi connectivity index (χ1) is 6.21. The van der Waals surface area contributed by atoms with Crippen LogP contribution in [-0.4, -0.2) is 38.7 Å². The average molecular weight is 238 g/mol. The third kappa shape index (κ3) is 2.99. The van der Waals surface area contributed by atoms with E-state index in [0.29, 0.717) is 0 Å². The van der Waals surface area contributed by atoms with Crippen molar-refractivity contribution < 1.29 is 9.90 Å². The summed E-state index contributed by atoms with van der Waals surface area (Å²) in [4.78, 5) is 11.1. The van der Waals surface area contributed by atoms with Crippen molar-refractivity contribution in [3.8, 4) is 0 Å². The molecule has 13 heavy (non-hydrogen) atoms. The lowest BCUT2D eigenvalue weighted by atomic mass is 10.3. The molecule has 1 aliphatic rings. The van der Waals surface area contributed by atoms with Crippen LogP contribution in [0.1, 0.15) is 12.8 Å². The summed E-state index contributed by atoms with van der Waals surface area (Å²) in [6.45, 7) is 0. The van der Waals surface area contributed by atoms with Gasteiger partial charge in [0, 0.05) is 0 Å². The standard InChI is InChI=1S/C8H14O2S3/c1-11-6-3-8(7(9)10)12-4-2-5-13-8/h2-6H2,1H3,(H,9,10). The Morgan fingerprint density at radius 1 is 1.54 bits per heavy atom. The van der Waals surface area contributed by atoms with Crippen LogP contribution >= 0.6 is 35.3 Å². The Morgan fingerprint density at radius 3 is 2.62 bits per heavy atom. The highest BCUT2D eigenvalue weighted by molar-refractivity contribution is 8.19. The number of carboxylic acid groups (broad SMARTS) is 1. The number of hydrogen-bond acceptors (Lipinski definition) is 4. The van der Waals surface area contributed by atoms with E-state index in [1.807, 2.05) is 6.26 Å². The van der Waals surface area contributed by atoms with Crippen molar-refractivity contribution in [2.24, 2.45) is 0 Å². The van der Waals surface area contributed by atoms with Gasteiger partial charge in [0.2, 0.25) is 0 Å². The predicted molar refractivity (Wildman–Crippen MR) is 62.9 cm³/mol. The topological polar surface area (TPSA) is 37.3 Å². The molecular weight excluding hydrogens is 224 g/mol. The van der Waals surface area contributed by atoms with Crippen molar-refractivity contribution in [2.45, 2.75) is 16.9 Å². The van der Waals surface area contributed by atoms with E-state index in [-0.39, 0.29) is 0 Å². The Bertz CT molecular complexity index is 178. The molecule has 0 saturated carbocycles. The van der Waals surface area contributed by atoms with Crippen LogP contribution < -0.4 is 0 Å². The van der Waals surface area contributed by atoms with Gasteiger partial charge >= 0.3 is 5.97 Å². The lowest BCUT2D eigenvalue weighted by Crippen LogP contribution is -2.35. The van der Waals surface area contributed by atoms with Gasteiger partial charge in [-0.05, 0) is 36.4 Å². The highest BCUT2D eigenvalue weighted by Gasteiger charge is 2.40. The molecule has 1 fully saturated rings. The molecule has 0 aromatic rings. The molecule has 1 aliphatic heterocycles. The molecule has 76 valence electrons. The van der Waals surface area contributed by atoms with Gasteiger partial charge in [0.15, 0.2) is 4.08 Å². The number of carbonyl (C=O) groups is 1. The molecule has 2 nitrogen and oxygen atoms in total. The molecule has 0 radical (unpaired) electrons. The molecule has 0 spiro atoms. The Hall–Kier alpha value is 0.520. The van der Waals surface area contributed by atoms with Crippen LogP contribution in [0.5, 0.6) is 0 Å². The van der Waals surface area contributed by atoms with Crippen LogP contribution in [0.15, 0.2) is 0 Å². The first-order valence-electron chi connectivity index (χ1n) is 4.21. The number of hydrogen-bond donors (Lipinski definition) is 1. The summed E-state index contributed by atoms with van der Waals surface area (Å²) in [6.07, 6.45) is 3.94. The van der Waals surface area contributed by atoms with E-state index < -0.39 is 10.0 Å². The molecule has 0 aromatic heterocycles. The van der Waals surface area contributed by atoms with Gasteiger partial charge in [-0.15, -0.1) is 23.5 Å². The Kier molecular flexibility index (Phi) is 4.83. The number of rotatable bonds is 4. The third-order valence-corrected chi connectivity index (χ3v) is 5.92. The summed E-state index contributed by atoms with van der Waals surface area (Å²) in [5.74, 6) is 2.28. The largest absolute Gasteiger partial charge is 0.480 e. The zero-order chi connectivity index (χ0) is 9.73. The Morgan fingerprint density at radius 2 is 2.15 bits per heavy atom. The number of carboxylic acids is 1. The fourth-order valence-electron chi connectivity index (χ4n) is 1.19. The first kappa shape index (κ1) is 11.6. The molecule has 0 aliphatic carbocycles. The van der Waals surface area contributed by atoms with Gasteiger partial charge in [0.1, 0.15) is 0 Å². The van der Waals surface area contributed by atoms with Crippen LogP contribution in [0.2, 0.25) is 0 Å². The van der Waals surface area contributed by atoms with Gasteiger partial charge in [0.05, 0.1) is 0 Å². The fourth-order valence-corrected chi connectivity index (χ4v) is 4.95. The van der Waals surface area contributed by atoms with E-state index in [9.17, 15) is 4.79 Å². The highest BCUT2D eigenvalue weighted by atomic mass is 32.2. The second kappa shape index (κ2) is 5.41. The minimum atomic E-state index is -0.642. The second-order valence-electron chi connectivity index (χ2n) is 2.85. The van der Waals surface area contributed by atoms with Crippen LogP contribution in [0.4, 0.5) is 0 Å². The maximum atomic E-state index is 11.1. The van der Waals surface area contributed by atoms with Crippen molar-refractivity contribution in [1.29, 1.82) is 0 Å². The molecule has 0 atom stereocenters. The van der Waals surface area contributed by atoms with Crippen molar-refractivity contribution in [1.82, 2.24) is 0 Å². The summed E-state index contributed by atoms with van der Waals surface area (Å²) in [6, 6.07) is 0. The molecule has 0 bridgehead atoms. The van der Waals surface area contributed by atoms with E-state index in [4.69, 9.17) is 5.11 Å². The van der Waals surface area contributed by atoms with Crippen LogP contribution in [0.3, 0.4) is 0 Å². The molecule has 1 saturated heterocycles. The molecule has 1 heterocycles. The van der Waals surface area contributed by atoms with Gasteiger partial charge in [-0.2, -0.15) is 11.8 Å². The minimum Gasteiger partial charge on any atom is -0.480 e. The lowest BCUT2D eigenvalue weighted by Gasteiger charge is -2.31. The molecule has 5 heteroatoms. The summed E-state index contributed by atoms with van der Waals surface area (Å²) in [5, 5.41) is 9.16. The van der Waals surface area contributed by atoms with Crippen molar-refractivity contribution in [3.05, 3.63) is 0 Å². The summed E-state index contributed by atoms with van der Waals surface area (Å²) in [7, 11) is 0. The normalized spacial score (nSPS) is 21.3. The Balaban J connectivity index is 2.56. The van der Waals surface area contributed by atoms with Gasteiger partial charge in [-0.3, -0.25) is 0 Å². The van der Waals surface area contributed by atoms with E-state index in [1.165, 1.54) is 0 Å². The van der Waals surface area contributed by atoms with E-state index >= 15 is 0 Å². The average Bonchev–Trinajstić information content (AvgIpc) is 2.16. The smallest absolute Gasteiger partial charge is 0.330 e. The molecule has 0 aromatic carbocycles. The van der Waals surface area contributed by atoms with Gasteiger partial charge in [-0.1, -0.05) is 0 Å². The monoisotopic (exact) mass is 238 g/mol. The van der Waals surface area contributed by atoms with Crippen molar-refractivity contribution in [2.75, 3.05) is 23.5 Å². The number of thioether (sulfide) groups is 3. The summed E-state index contributed by atoms with van der Waals surface area (Å²) >= 11 is 4.94. The second-order valence-corrected chi connectivity index (χ2v) is 6.88. The zero-order valence-electron chi connectivity index (χ0n) is 7.62. The van der Waals surface area contributed by atoms with Crippen LogP contribution in [-0.2, 0) is 4.79 Å². The molecule has 1 N–H and O–H groups in total. The summed E-state index contributed by atoms with van der Waals surface area (Å²) in [5.41, 5.74) is 0. The minimum absolute atomic E-state index is 0.540. The van der Waals surface area contributed by atoms with E-state index in [0.717, 1.165) is 30.1 Å². The van der Waals surface area contributed by atoms with Crippen molar-refractivity contribution >= 4 is 41.3 Å². The maximum absolute atomic E-state index is 11.1. The van der Waals surface area contributed by atoms with E-state index in [1.54, 1.807) is 35.3 Å². The van der Waals surface area contributed by atoms with Gasteiger partial charge < -0.3 is 5.11 Å².